The van der Waals surface area contributed by atoms with Gasteiger partial charge in [0, 0.05) is 38.5 Å². The van der Waals surface area contributed by atoms with Crippen molar-refractivity contribution in [3.05, 3.63) is 180 Å². The van der Waals surface area contributed by atoms with Crippen molar-refractivity contribution in [2.45, 2.75) is 39.4 Å². The molecule has 0 spiro atoms. The zero-order valence-corrected chi connectivity index (χ0v) is 29.4. The zero-order valence-electron chi connectivity index (χ0n) is 29.4. The quantitative estimate of drug-likeness (QED) is 0.108. The first-order chi connectivity index (χ1) is 25.6. The predicted octanol–water partition coefficient (Wildman–Crippen LogP) is 10.9. The number of hydrogen-bond donors (Lipinski definition) is 1. The smallest absolute Gasteiger partial charge is 0.147 e. The molecule has 6 aromatic carbocycles. The van der Waals surface area contributed by atoms with Gasteiger partial charge in [-0.05, 0) is 97.5 Å². The van der Waals surface area contributed by atoms with Gasteiger partial charge in [0.15, 0.2) is 0 Å². The van der Waals surface area contributed by atoms with Gasteiger partial charge in [-0.1, -0.05) is 103 Å². The van der Waals surface area contributed by atoms with E-state index in [1.54, 1.807) is 0 Å². The predicted molar refractivity (Wildman–Crippen MR) is 216 cm³/mol. The monoisotopic (exact) mass is 673 g/mol. The van der Waals surface area contributed by atoms with Crippen molar-refractivity contribution in [2.24, 2.45) is 4.99 Å². The Kier molecular flexibility index (Phi) is 7.22. The average Bonchev–Trinajstić information content (AvgIpc) is 3.82. The fourth-order valence-corrected chi connectivity index (χ4v) is 8.23. The van der Waals surface area contributed by atoms with E-state index in [4.69, 9.17) is 4.99 Å². The number of fused-ring (bicyclic) bond motifs is 6. The van der Waals surface area contributed by atoms with E-state index in [0.29, 0.717) is 6.54 Å². The molecule has 0 radical (unpaired) electrons. The molecule has 1 saturated heterocycles. The third-order valence-corrected chi connectivity index (χ3v) is 10.8. The number of aromatic nitrogens is 2. The molecule has 2 aromatic heterocycles. The van der Waals surface area contributed by atoms with Crippen LogP contribution in [0, 0.1) is 13.8 Å². The lowest BCUT2D eigenvalue weighted by Crippen LogP contribution is -2.19. The molecule has 1 N–H and O–H groups in total. The summed E-state index contributed by atoms with van der Waals surface area (Å²) in [6, 6.07) is 48.4. The normalized spacial score (nSPS) is 16.0. The van der Waals surface area contributed by atoms with Gasteiger partial charge in [-0.25, -0.2) is 5.43 Å². The summed E-state index contributed by atoms with van der Waals surface area (Å²) in [5.41, 5.74) is 16.9. The van der Waals surface area contributed by atoms with Crippen LogP contribution in [-0.2, 0) is 6.54 Å². The molecule has 2 aliphatic rings. The van der Waals surface area contributed by atoms with E-state index in [1.807, 2.05) is 0 Å². The highest BCUT2D eigenvalue weighted by Crippen LogP contribution is 2.38. The van der Waals surface area contributed by atoms with Crippen molar-refractivity contribution in [1.82, 2.24) is 19.6 Å². The summed E-state index contributed by atoms with van der Waals surface area (Å²) in [6.07, 6.45) is 9.21. The van der Waals surface area contributed by atoms with Gasteiger partial charge in [0.2, 0.25) is 0 Å². The van der Waals surface area contributed by atoms with Crippen LogP contribution in [0.15, 0.2) is 162 Å². The Bertz CT molecular complexity index is 2720. The molecule has 8 aromatic rings. The van der Waals surface area contributed by atoms with Gasteiger partial charge >= 0.3 is 0 Å². The third kappa shape index (κ3) is 5.00. The van der Waals surface area contributed by atoms with Gasteiger partial charge in [-0.2, -0.15) is 0 Å². The van der Waals surface area contributed by atoms with E-state index in [9.17, 15) is 0 Å². The molecule has 10 rings (SSSR count). The Morgan fingerprint density at radius 2 is 1.27 bits per heavy atom. The highest BCUT2D eigenvalue weighted by Gasteiger charge is 2.39. The lowest BCUT2D eigenvalue weighted by atomic mass is 10.0. The van der Waals surface area contributed by atoms with Crippen LogP contribution in [0.3, 0.4) is 0 Å². The average molecular weight is 674 g/mol. The van der Waals surface area contributed by atoms with Crippen molar-refractivity contribution in [2.75, 3.05) is 0 Å². The Labute approximate surface area is 303 Å². The van der Waals surface area contributed by atoms with E-state index in [-0.39, 0.29) is 6.17 Å². The number of hydrazine groups is 1. The minimum atomic E-state index is 0.145. The van der Waals surface area contributed by atoms with Crippen molar-refractivity contribution < 1.29 is 0 Å². The lowest BCUT2D eigenvalue weighted by molar-refractivity contribution is 0.728. The topological polar surface area (TPSA) is 47.2 Å². The Morgan fingerprint density at radius 1 is 0.635 bits per heavy atom. The number of aryl methyl sites for hydroxylation is 2. The first kappa shape index (κ1) is 30.6. The van der Waals surface area contributed by atoms with E-state index in [2.05, 4.69) is 185 Å². The van der Waals surface area contributed by atoms with Crippen LogP contribution in [0.1, 0.15) is 35.1 Å². The summed E-state index contributed by atoms with van der Waals surface area (Å²) in [4.78, 5) is 5.26. The number of para-hydroxylation sites is 3. The molecule has 1 aliphatic carbocycles. The Balaban J connectivity index is 1.10. The van der Waals surface area contributed by atoms with Crippen molar-refractivity contribution in [3.8, 4) is 11.4 Å². The Morgan fingerprint density at radius 3 is 1.96 bits per heavy atom. The summed E-state index contributed by atoms with van der Waals surface area (Å²) in [5, 5.41) is 7.27. The SMILES string of the molecule is Cc1cc(-n2c3ccccc3c3cc(-n4c5ccccc5c5ccccc54)ccc32)c(C)cc1/C(=N/Cc1ccccc1)N1NC1C1=CCCC=C1. The maximum absolute atomic E-state index is 5.26. The minimum absolute atomic E-state index is 0.145. The summed E-state index contributed by atoms with van der Waals surface area (Å²) < 4.78 is 4.85. The maximum atomic E-state index is 5.26. The van der Waals surface area contributed by atoms with Crippen LogP contribution < -0.4 is 5.43 Å². The molecule has 0 bridgehead atoms. The molecule has 0 saturated carbocycles. The molecule has 1 atom stereocenters. The van der Waals surface area contributed by atoms with Gasteiger partial charge in [-0.3, -0.25) is 10.0 Å². The third-order valence-electron chi connectivity index (χ3n) is 10.8. The van der Waals surface area contributed by atoms with Crippen molar-refractivity contribution in [1.29, 1.82) is 0 Å². The van der Waals surface area contributed by atoms with E-state index >= 15 is 0 Å². The number of benzene rings is 6. The zero-order chi connectivity index (χ0) is 34.8. The molecule has 3 heterocycles. The van der Waals surface area contributed by atoms with Crippen LogP contribution in [-0.4, -0.2) is 26.1 Å². The summed E-state index contributed by atoms with van der Waals surface area (Å²) in [7, 11) is 0. The number of nitrogens with zero attached hydrogens (tertiary/aromatic N) is 4. The highest BCUT2D eigenvalue weighted by molar-refractivity contribution is 6.12. The molecule has 5 nitrogen and oxygen atoms in total. The number of hydrogen-bond acceptors (Lipinski definition) is 2. The van der Waals surface area contributed by atoms with Gasteiger partial charge in [0.25, 0.3) is 0 Å². The fraction of sp³-hybridized carbons (Fsp3) is 0.128. The second kappa shape index (κ2) is 12.3. The lowest BCUT2D eigenvalue weighted by Gasteiger charge is -2.18. The minimum Gasteiger partial charge on any atom is -0.309 e. The Hall–Kier alpha value is -6.17. The summed E-state index contributed by atoms with van der Waals surface area (Å²) >= 11 is 0. The molecule has 52 heavy (non-hydrogen) atoms. The van der Waals surface area contributed by atoms with Gasteiger partial charge in [0.05, 0.1) is 28.6 Å². The van der Waals surface area contributed by atoms with Crippen LogP contribution in [0.5, 0.6) is 0 Å². The van der Waals surface area contributed by atoms with Gasteiger partial charge < -0.3 is 9.13 Å². The second-order valence-electron chi connectivity index (χ2n) is 14.1. The number of aliphatic imine (C=N–C) groups is 1. The maximum Gasteiger partial charge on any atom is 0.147 e. The van der Waals surface area contributed by atoms with Crippen molar-refractivity contribution in [3.63, 3.8) is 0 Å². The number of amidine groups is 1. The van der Waals surface area contributed by atoms with E-state index in [1.165, 1.54) is 77.2 Å². The van der Waals surface area contributed by atoms with Crippen LogP contribution in [0.4, 0.5) is 0 Å². The number of nitrogens with one attached hydrogen (secondary N) is 1. The molecule has 1 fully saturated rings. The largest absolute Gasteiger partial charge is 0.309 e. The van der Waals surface area contributed by atoms with Gasteiger partial charge in [0.1, 0.15) is 12.0 Å². The molecule has 5 heteroatoms. The molecular weight excluding hydrogens is 635 g/mol. The fourth-order valence-electron chi connectivity index (χ4n) is 8.23. The van der Waals surface area contributed by atoms with E-state index < -0.39 is 0 Å². The van der Waals surface area contributed by atoms with Gasteiger partial charge in [-0.15, -0.1) is 0 Å². The molecule has 252 valence electrons. The van der Waals surface area contributed by atoms with Crippen molar-refractivity contribution >= 4 is 49.4 Å². The standard InChI is InChI=1S/C47H39N5/c1-31-28-45(32(2)27-39(31)47(48-30-33-15-5-3-6-16-33)52-46(49-52)34-17-7-4-8-18-34)51-43-24-14-11-21-38(43)40-29-35(25-26-44(40)51)50-41-22-12-9-19-36(41)37-20-10-13-23-42(37)50/h3,5-7,9-29,46,49H,4,8,30H2,1-2H3/b48-47-. The molecule has 1 unspecified atom stereocenters. The summed E-state index contributed by atoms with van der Waals surface area (Å²) in [5.74, 6) is 0.985. The second-order valence-corrected chi connectivity index (χ2v) is 14.1. The van der Waals surface area contributed by atoms with E-state index in [0.717, 1.165) is 24.2 Å². The van der Waals surface area contributed by atoms with Crippen LogP contribution in [0.2, 0.25) is 0 Å². The number of allylic oxidation sites excluding steroid dienone is 2. The number of rotatable bonds is 6. The first-order valence-corrected chi connectivity index (χ1v) is 18.3. The highest BCUT2D eigenvalue weighted by atomic mass is 15.8. The first-order valence-electron chi connectivity index (χ1n) is 18.3. The molecular formula is C47H39N5. The molecule has 1 aliphatic heterocycles. The van der Waals surface area contributed by atoms with Crippen LogP contribution in [0.25, 0.3) is 55.0 Å². The van der Waals surface area contributed by atoms with Crippen LogP contribution >= 0.6 is 0 Å². The molecule has 0 amide bonds. The summed E-state index contributed by atoms with van der Waals surface area (Å²) in [6.45, 7) is 5.08.